The summed E-state index contributed by atoms with van der Waals surface area (Å²) in [6.45, 7) is 2.08. The Kier molecular flexibility index (Phi) is 5.11. The second-order valence-corrected chi connectivity index (χ2v) is 5.00. The number of likely N-dealkylation sites (N-methyl/N-ethyl adjacent to an activating group) is 1. The van der Waals surface area contributed by atoms with Crippen molar-refractivity contribution in [2.45, 2.75) is 19.1 Å². The summed E-state index contributed by atoms with van der Waals surface area (Å²) in [4.78, 5) is 12.7. The quantitative estimate of drug-likeness (QED) is 0.861. The highest BCUT2D eigenvalue weighted by molar-refractivity contribution is 9.10. The van der Waals surface area contributed by atoms with E-state index in [1.165, 1.54) is 0 Å². The molecule has 0 spiro atoms. The molecule has 4 nitrogen and oxygen atoms in total. The number of aliphatic hydroxyl groups excluding tert-OH is 1. The zero-order valence-electron chi connectivity index (χ0n) is 9.93. The van der Waals surface area contributed by atoms with Crippen molar-refractivity contribution in [2.24, 2.45) is 5.73 Å². The summed E-state index contributed by atoms with van der Waals surface area (Å²) in [5.41, 5.74) is 6.01. The Morgan fingerprint density at radius 3 is 2.76 bits per heavy atom. The number of hydrogen-bond donors (Lipinski definition) is 2. The van der Waals surface area contributed by atoms with Crippen LogP contribution in [0.25, 0.3) is 0 Å². The third kappa shape index (κ3) is 4.11. The van der Waals surface area contributed by atoms with Crippen molar-refractivity contribution in [3.05, 3.63) is 34.3 Å². The molecular weight excluding hydrogens is 284 g/mol. The zero-order valence-corrected chi connectivity index (χ0v) is 11.5. The van der Waals surface area contributed by atoms with E-state index in [4.69, 9.17) is 5.73 Å². The Labute approximate surface area is 110 Å². The lowest BCUT2D eigenvalue weighted by Crippen LogP contribution is -2.42. The molecule has 0 bridgehead atoms. The number of amides is 1. The lowest BCUT2D eigenvalue weighted by Gasteiger charge is -2.24. The van der Waals surface area contributed by atoms with E-state index in [2.05, 4.69) is 15.9 Å². The van der Waals surface area contributed by atoms with Gasteiger partial charge in [0.15, 0.2) is 0 Å². The first-order valence-electron chi connectivity index (χ1n) is 5.35. The highest BCUT2D eigenvalue weighted by Gasteiger charge is 2.18. The number of benzene rings is 1. The standard InChI is InChI=1S/C12H17BrN2O2/c1-8(12(14)17)15(2)7-11(16)9-4-3-5-10(13)6-9/h3-6,8,11,16H,7H2,1-2H3,(H2,14,17)/t8-,11?/m1/s1. The molecule has 94 valence electrons. The Bertz CT molecular complexity index is 398. The molecule has 17 heavy (non-hydrogen) atoms. The van der Waals surface area contributed by atoms with Crippen LogP contribution in [0, 0.1) is 0 Å². The fourth-order valence-electron chi connectivity index (χ4n) is 1.47. The van der Waals surface area contributed by atoms with E-state index in [9.17, 15) is 9.90 Å². The van der Waals surface area contributed by atoms with Gasteiger partial charge in [0.1, 0.15) is 0 Å². The molecule has 1 rings (SSSR count). The summed E-state index contributed by atoms with van der Waals surface area (Å²) in [5.74, 6) is -0.394. The molecule has 3 N–H and O–H groups in total. The van der Waals surface area contributed by atoms with Crippen LogP contribution in [0.3, 0.4) is 0 Å². The fourth-order valence-corrected chi connectivity index (χ4v) is 1.88. The number of primary amides is 1. The van der Waals surface area contributed by atoms with Crippen LogP contribution in [0.2, 0.25) is 0 Å². The van der Waals surface area contributed by atoms with Crippen LogP contribution in [-0.2, 0) is 4.79 Å². The highest BCUT2D eigenvalue weighted by Crippen LogP contribution is 2.19. The van der Waals surface area contributed by atoms with E-state index >= 15 is 0 Å². The molecule has 1 amide bonds. The van der Waals surface area contributed by atoms with Gasteiger partial charge in [-0.25, -0.2) is 0 Å². The van der Waals surface area contributed by atoms with Crippen molar-refractivity contribution in [3.8, 4) is 0 Å². The first kappa shape index (κ1) is 14.2. The maximum Gasteiger partial charge on any atom is 0.234 e. The second kappa shape index (κ2) is 6.14. The number of nitrogens with zero attached hydrogens (tertiary/aromatic N) is 1. The Hall–Kier alpha value is -0.910. The predicted molar refractivity (Wildman–Crippen MR) is 70.4 cm³/mol. The van der Waals surface area contributed by atoms with Crippen LogP contribution in [0.5, 0.6) is 0 Å². The van der Waals surface area contributed by atoms with Crippen LogP contribution < -0.4 is 5.73 Å². The maximum atomic E-state index is 11.0. The monoisotopic (exact) mass is 300 g/mol. The average molecular weight is 301 g/mol. The fraction of sp³-hybridized carbons (Fsp3) is 0.417. The van der Waals surface area contributed by atoms with Crippen molar-refractivity contribution in [1.82, 2.24) is 4.90 Å². The molecule has 0 aliphatic rings. The number of nitrogens with two attached hydrogens (primary N) is 1. The molecule has 0 aliphatic carbocycles. The van der Waals surface area contributed by atoms with Crippen LogP contribution in [0.4, 0.5) is 0 Å². The van der Waals surface area contributed by atoms with Gasteiger partial charge in [0.2, 0.25) is 5.91 Å². The highest BCUT2D eigenvalue weighted by atomic mass is 79.9. The topological polar surface area (TPSA) is 66.6 Å². The predicted octanol–water partition coefficient (Wildman–Crippen LogP) is 1.29. The Morgan fingerprint density at radius 2 is 2.24 bits per heavy atom. The Morgan fingerprint density at radius 1 is 1.59 bits per heavy atom. The van der Waals surface area contributed by atoms with Crippen LogP contribution in [0.1, 0.15) is 18.6 Å². The first-order chi connectivity index (χ1) is 7.91. The van der Waals surface area contributed by atoms with Crippen LogP contribution >= 0.6 is 15.9 Å². The first-order valence-corrected chi connectivity index (χ1v) is 6.14. The number of hydrogen-bond acceptors (Lipinski definition) is 3. The van der Waals surface area contributed by atoms with E-state index in [1.54, 1.807) is 18.9 Å². The van der Waals surface area contributed by atoms with Gasteiger partial charge in [0, 0.05) is 11.0 Å². The molecule has 0 radical (unpaired) electrons. The van der Waals surface area contributed by atoms with E-state index in [1.807, 2.05) is 24.3 Å². The number of halogens is 1. The van der Waals surface area contributed by atoms with Gasteiger partial charge in [0.25, 0.3) is 0 Å². The van der Waals surface area contributed by atoms with Crippen molar-refractivity contribution < 1.29 is 9.90 Å². The molecule has 0 aliphatic heterocycles. The molecule has 1 unspecified atom stereocenters. The summed E-state index contributed by atoms with van der Waals surface area (Å²) in [5, 5.41) is 10.0. The molecular formula is C12H17BrN2O2. The average Bonchev–Trinajstić information content (AvgIpc) is 2.27. The molecule has 0 heterocycles. The van der Waals surface area contributed by atoms with Gasteiger partial charge < -0.3 is 10.8 Å². The van der Waals surface area contributed by atoms with E-state index < -0.39 is 18.1 Å². The summed E-state index contributed by atoms with van der Waals surface area (Å²) in [6, 6.07) is 7.06. The molecule has 1 aromatic carbocycles. The lowest BCUT2D eigenvalue weighted by molar-refractivity contribution is -0.122. The molecule has 0 saturated carbocycles. The van der Waals surface area contributed by atoms with Crippen LogP contribution in [0.15, 0.2) is 28.7 Å². The molecule has 1 aromatic rings. The second-order valence-electron chi connectivity index (χ2n) is 4.09. The third-order valence-corrected chi connectivity index (χ3v) is 3.26. The molecule has 0 fully saturated rings. The minimum absolute atomic E-state index is 0.362. The van der Waals surface area contributed by atoms with Gasteiger partial charge >= 0.3 is 0 Å². The molecule has 5 heteroatoms. The normalized spacial score (nSPS) is 14.6. The van der Waals surface area contributed by atoms with Gasteiger partial charge in [-0.15, -0.1) is 0 Å². The molecule has 0 aromatic heterocycles. The molecule has 2 atom stereocenters. The number of aliphatic hydroxyl groups is 1. The SMILES string of the molecule is C[C@H](C(N)=O)N(C)CC(O)c1cccc(Br)c1. The minimum Gasteiger partial charge on any atom is -0.387 e. The maximum absolute atomic E-state index is 11.0. The third-order valence-electron chi connectivity index (χ3n) is 2.77. The summed E-state index contributed by atoms with van der Waals surface area (Å²) >= 11 is 3.35. The van der Waals surface area contributed by atoms with Crippen molar-refractivity contribution in [1.29, 1.82) is 0 Å². The summed E-state index contributed by atoms with van der Waals surface area (Å²) < 4.78 is 0.916. The smallest absolute Gasteiger partial charge is 0.234 e. The molecule has 0 saturated heterocycles. The number of rotatable bonds is 5. The van der Waals surface area contributed by atoms with E-state index in [0.717, 1.165) is 10.0 Å². The van der Waals surface area contributed by atoms with E-state index in [0.29, 0.717) is 6.54 Å². The van der Waals surface area contributed by atoms with Gasteiger partial charge in [-0.1, -0.05) is 28.1 Å². The van der Waals surface area contributed by atoms with Crippen molar-refractivity contribution in [2.75, 3.05) is 13.6 Å². The van der Waals surface area contributed by atoms with Crippen molar-refractivity contribution >= 4 is 21.8 Å². The zero-order chi connectivity index (χ0) is 13.0. The van der Waals surface area contributed by atoms with Gasteiger partial charge in [-0.3, -0.25) is 9.69 Å². The summed E-state index contributed by atoms with van der Waals surface area (Å²) in [7, 11) is 1.76. The van der Waals surface area contributed by atoms with Crippen molar-refractivity contribution in [3.63, 3.8) is 0 Å². The van der Waals surface area contributed by atoms with Crippen LogP contribution in [-0.4, -0.2) is 35.5 Å². The minimum atomic E-state index is -0.640. The van der Waals surface area contributed by atoms with E-state index in [-0.39, 0.29) is 0 Å². The number of carbonyl (C=O) groups is 1. The van der Waals surface area contributed by atoms with Gasteiger partial charge in [-0.05, 0) is 31.7 Å². The Balaban J connectivity index is 2.66. The van der Waals surface area contributed by atoms with Gasteiger partial charge in [-0.2, -0.15) is 0 Å². The number of carbonyl (C=O) groups excluding carboxylic acids is 1. The summed E-state index contributed by atoms with van der Waals surface area (Å²) in [6.07, 6.45) is -0.640. The lowest BCUT2D eigenvalue weighted by atomic mass is 10.1. The largest absolute Gasteiger partial charge is 0.387 e. The van der Waals surface area contributed by atoms with Gasteiger partial charge in [0.05, 0.1) is 12.1 Å².